The van der Waals surface area contributed by atoms with Crippen LogP contribution in [0.3, 0.4) is 0 Å². The van der Waals surface area contributed by atoms with E-state index in [-0.39, 0.29) is 22.8 Å². The number of carbonyl (C=O) groups excluding carboxylic acids is 1. The second-order valence-corrected chi connectivity index (χ2v) is 6.96. The molecule has 3 saturated carbocycles. The van der Waals surface area contributed by atoms with Gasteiger partial charge in [-0.2, -0.15) is 18.3 Å². The van der Waals surface area contributed by atoms with E-state index in [0.29, 0.717) is 25.3 Å². The van der Waals surface area contributed by atoms with Crippen molar-refractivity contribution in [1.29, 1.82) is 0 Å². The summed E-state index contributed by atoms with van der Waals surface area (Å²) < 4.78 is 44.5. The summed E-state index contributed by atoms with van der Waals surface area (Å²) in [6.45, 7) is 2.22. The first-order valence-corrected chi connectivity index (χ1v) is 7.92. The number of fused-ring (bicyclic) bond motifs is 1. The topological polar surface area (TPSA) is 58.2 Å². The summed E-state index contributed by atoms with van der Waals surface area (Å²) in [6.07, 6.45) is -1.48. The van der Waals surface area contributed by atoms with Crippen LogP contribution in [0.4, 0.5) is 19.0 Å². The Morgan fingerprint density at radius 1 is 1.43 bits per heavy atom. The number of ether oxygens (including phenoxy) is 1. The van der Waals surface area contributed by atoms with Gasteiger partial charge in [0.05, 0.1) is 5.41 Å². The molecule has 5 rings (SSSR count). The summed E-state index contributed by atoms with van der Waals surface area (Å²) >= 11 is 0. The lowest BCUT2D eigenvalue weighted by Crippen LogP contribution is -2.58. The Bertz CT molecular complexity index is 638. The van der Waals surface area contributed by atoms with Crippen LogP contribution >= 0.6 is 0 Å². The largest absolute Gasteiger partial charge is 0.441 e. The molecule has 1 atom stereocenters. The summed E-state index contributed by atoms with van der Waals surface area (Å²) in [6, 6.07) is 0. The molecule has 3 fully saturated rings. The zero-order valence-electron chi connectivity index (χ0n) is 12.7. The zero-order valence-corrected chi connectivity index (χ0v) is 12.7. The molecule has 0 spiro atoms. The van der Waals surface area contributed by atoms with Crippen LogP contribution in [0.2, 0.25) is 0 Å². The molecule has 1 aliphatic heterocycles. The maximum absolute atomic E-state index is 13.0. The molecule has 2 bridgehead atoms. The molecule has 8 heteroatoms. The third-order valence-electron chi connectivity index (χ3n) is 5.41. The molecule has 126 valence electrons. The van der Waals surface area contributed by atoms with Gasteiger partial charge in [-0.15, -0.1) is 0 Å². The van der Waals surface area contributed by atoms with Crippen LogP contribution in [0.15, 0.2) is 0 Å². The fourth-order valence-corrected chi connectivity index (χ4v) is 4.02. The van der Waals surface area contributed by atoms with E-state index in [1.54, 1.807) is 11.8 Å². The van der Waals surface area contributed by atoms with Crippen LogP contribution in [0.25, 0.3) is 0 Å². The summed E-state index contributed by atoms with van der Waals surface area (Å²) in [7, 11) is 0. The standard InChI is InChI=1S/C15H18F3N3O2/c1-8(23-13(22)14-5-9(6-14)7-14)21-4-2-3-10-11(15(16,17)18)19-20-12(10)21/h8-9H,2-7H2,1H3,(H,19,20). The minimum Gasteiger partial charge on any atom is -0.441 e. The molecule has 0 saturated heterocycles. The number of rotatable bonds is 3. The number of esters is 1. The van der Waals surface area contributed by atoms with E-state index in [1.807, 2.05) is 0 Å². The summed E-state index contributed by atoms with van der Waals surface area (Å²) in [5.74, 6) is 0.702. The Balaban J connectivity index is 1.52. The van der Waals surface area contributed by atoms with Crippen LogP contribution < -0.4 is 4.90 Å². The molecular weight excluding hydrogens is 311 g/mol. The molecule has 0 amide bonds. The molecule has 4 aliphatic rings. The lowest BCUT2D eigenvalue weighted by molar-refractivity contribution is -0.195. The molecule has 1 unspecified atom stereocenters. The van der Waals surface area contributed by atoms with E-state index >= 15 is 0 Å². The van der Waals surface area contributed by atoms with Gasteiger partial charge in [-0.3, -0.25) is 9.89 Å². The van der Waals surface area contributed by atoms with Gasteiger partial charge < -0.3 is 9.64 Å². The molecule has 1 aromatic rings. The monoisotopic (exact) mass is 329 g/mol. The number of halogens is 3. The third-order valence-corrected chi connectivity index (χ3v) is 5.41. The number of hydrogen-bond donors (Lipinski definition) is 1. The number of alkyl halides is 3. The highest BCUT2D eigenvalue weighted by atomic mass is 19.4. The number of carbonyl (C=O) groups is 1. The number of nitrogens with zero attached hydrogens (tertiary/aromatic N) is 2. The van der Waals surface area contributed by atoms with Crippen molar-refractivity contribution < 1.29 is 22.7 Å². The number of aromatic nitrogens is 2. The van der Waals surface area contributed by atoms with Gasteiger partial charge in [0.15, 0.2) is 12.0 Å². The number of H-pyrrole nitrogens is 1. The molecule has 0 aromatic carbocycles. The maximum atomic E-state index is 13.0. The molecule has 2 heterocycles. The number of nitrogens with one attached hydrogen (secondary N) is 1. The third kappa shape index (κ3) is 2.14. The second kappa shape index (κ2) is 4.64. The number of anilines is 1. The average molecular weight is 329 g/mol. The van der Waals surface area contributed by atoms with Gasteiger partial charge in [0, 0.05) is 12.1 Å². The molecule has 5 nitrogen and oxygen atoms in total. The van der Waals surface area contributed by atoms with E-state index in [2.05, 4.69) is 10.2 Å². The minimum atomic E-state index is -4.45. The molecule has 0 radical (unpaired) electrons. The van der Waals surface area contributed by atoms with E-state index < -0.39 is 18.1 Å². The van der Waals surface area contributed by atoms with Gasteiger partial charge in [-0.1, -0.05) is 0 Å². The fourth-order valence-electron chi connectivity index (χ4n) is 4.02. The van der Waals surface area contributed by atoms with Gasteiger partial charge >= 0.3 is 12.1 Å². The van der Waals surface area contributed by atoms with Crippen molar-refractivity contribution in [2.45, 2.75) is 51.4 Å². The maximum Gasteiger partial charge on any atom is 0.433 e. The SMILES string of the molecule is CC(OC(=O)C12CC(C1)C2)N1CCCc2c1n[nH]c2C(F)(F)F. The minimum absolute atomic E-state index is 0.164. The van der Waals surface area contributed by atoms with Crippen LogP contribution in [0.1, 0.15) is 43.9 Å². The van der Waals surface area contributed by atoms with E-state index in [0.717, 1.165) is 19.3 Å². The van der Waals surface area contributed by atoms with Crippen molar-refractivity contribution in [2.24, 2.45) is 11.3 Å². The van der Waals surface area contributed by atoms with Crippen LogP contribution in [0, 0.1) is 11.3 Å². The molecular formula is C15H18F3N3O2. The van der Waals surface area contributed by atoms with Crippen molar-refractivity contribution in [3.05, 3.63) is 11.3 Å². The average Bonchev–Trinajstić information content (AvgIpc) is 2.77. The lowest BCUT2D eigenvalue weighted by Gasteiger charge is -2.59. The summed E-state index contributed by atoms with van der Waals surface area (Å²) in [5.41, 5.74) is -0.937. The van der Waals surface area contributed by atoms with Crippen LogP contribution in [0.5, 0.6) is 0 Å². The van der Waals surface area contributed by atoms with E-state index in [4.69, 9.17) is 4.74 Å². The van der Waals surface area contributed by atoms with Crippen molar-refractivity contribution in [1.82, 2.24) is 10.2 Å². The highest BCUT2D eigenvalue weighted by Gasteiger charge is 2.62. The highest BCUT2D eigenvalue weighted by molar-refractivity contribution is 5.80. The van der Waals surface area contributed by atoms with Gasteiger partial charge in [-0.25, -0.2) is 0 Å². The Kier molecular flexibility index (Phi) is 2.99. The normalized spacial score (nSPS) is 30.1. The van der Waals surface area contributed by atoms with Crippen molar-refractivity contribution in [3.63, 3.8) is 0 Å². The van der Waals surface area contributed by atoms with Crippen LogP contribution in [-0.4, -0.2) is 28.9 Å². The Hall–Kier alpha value is -1.73. The Morgan fingerprint density at radius 3 is 2.70 bits per heavy atom. The first-order chi connectivity index (χ1) is 10.8. The van der Waals surface area contributed by atoms with Gasteiger partial charge in [0.25, 0.3) is 0 Å². The molecule has 3 aliphatic carbocycles. The van der Waals surface area contributed by atoms with Gasteiger partial charge in [0.1, 0.15) is 5.69 Å². The first-order valence-electron chi connectivity index (χ1n) is 7.92. The van der Waals surface area contributed by atoms with E-state index in [9.17, 15) is 18.0 Å². The van der Waals surface area contributed by atoms with Crippen molar-refractivity contribution in [3.8, 4) is 0 Å². The summed E-state index contributed by atoms with van der Waals surface area (Å²) in [5, 5.41) is 5.93. The van der Waals surface area contributed by atoms with Crippen molar-refractivity contribution in [2.75, 3.05) is 11.4 Å². The highest BCUT2D eigenvalue weighted by Crippen LogP contribution is 2.65. The van der Waals surface area contributed by atoms with Gasteiger partial charge in [-0.05, 0) is 44.9 Å². The van der Waals surface area contributed by atoms with Crippen LogP contribution in [-0.2, 0) is 22.1 Å². The smallest absolute Gasteiger partial charge is 0.433 e. The number of aromatic amines is 1. The Morgan fingerprint density at radius 2 is 2.13 bits per heavy atom. The summed E-state index contributed by atoms with van der Waals surface area (Å²) in [4.78, 5) is 13.9. The Labute approximate surface area is 131 Å². The first kappa shape index (κ1) is 14.8. The predicted molar refractivity (Wildman–Crippen MR) is 74.6 cm³/mol. The zero-order chi connectivity index (χ0) is 16.4. The molecule has 1 aromatic heterocycles. The second-order valence-electron chi connectivity index (χ2n) is 6.96. The quantitative estimate of drug-likeness (QED) is 0.867. The molecule has 1 N–H and O–H groups in total. The lowest BCUT2D eigenvalue weighted by atomic mass is 9.44. The fraction of sp³-hybridized carbons (Fsp3) is 0.733. The van der Waals surface area contributed by atoms with Crippen molar-refractivity contribution >= 4 is 11.8 Å². The molecule has 23 heavy (non-hydrogen) atoms. The van der Waals surface area contributed by atoms with E-state index in [1.165, 1.54) is 0 Å². The predicted octanol–water partition coefficient (Wildman–Crippen LogP) is 2.87. The van der Waals surface area contributed by atoms with Gasteiger partial charge in [0.2, 0.25) is 0 Å². The number of hydrogen-bond acceptors (Lipinski definition) is 4.